The van der Waals surface area contributed by atoms with Gasteiger partial charge in [-0.25, -0.2) is 0 Å². The molecule has 88 valence electrons. The molecule has 1 heterocycles. The Morgan fingerprint density at radius 2 is 2.12 bits per heavy atom. The van der Waals surface area contributed by atoms with Crippen LogP contribution >= 0.6 is 0 Å². The number of rotatable bonds is 5. The molecule has 0 aromatic rings. The van der Waals surface area contributed by atoms with Crippen LogP contribution in [-0.4, -0.2) is 42.8 Å². The Morgan fingerprint density at radius 3 is 2.62 bits per heavy atom. The molecule has 1 amide bonds. The lowest BCUT2D eigenvalue weighted by atomic mass is 9.88. The van der Waals surface area contributed by atoms with Gasteiger partial charge in [0.1, 0.15) is 0 Å². The fourth-order valence-electron chi connectivity index (χ4n) is 2.25. The van der Waals surface area contributed by atoms with Gasteiger partial charge in [-0.2, -0.15) is 0 Å². The van der Waals surface area contributed by atoms with Crippen LogP contribution in [0.1, 0.15) is 26.2 Å². The Kier molecular flexibility index (Phi) is 4.84. The van der Waals surface area contributed by atoms with E-state index in [1.807, 2.05) is 0 Å². The molecule has 1 N–H and O–H groups in total. The van der Waals surface area contributed by atoms with Gasteiger partial charge in [0, 0.05) is 19.5 Å². The van der Waals surface area contributed by atoms with Gasteiger partial charge in [-0.3, -0.25) is 9.59 Å². The van der Waals surface area contributed by atoms with Crippen LogP contribution in [0.25, 0.3) is 0 Å². The average molecular weight is 223 g/mol. The van der Waals surface area contributed by atoms with Crippen LogP contribution in [0.3, 0.4) is 0 Å². The Hall–Kier alpha value is -0.995. The van der Waals surface area contributed by atoms with Crippen molar-refractivity contribution in [1.82, 2.24) is 4.90 Å². The van der Waals surface area contributed by atoms with Crippen LogP contribution in [0, 0.1) is 11.8 Å². The first kappa shape index (κ1) is 13.1. The number of amides is 1. The van der Waals surface area contributed by atoms with Crippen LogP contribution in [0.5, 0.6) is 0 Å². The number of nitrogens with zero attached hydrogens (tertiary/aromatic N) is 1. The Balaban J connectivity index is 2.60. The highest BCUT2D eigenvalue weighted by atomic mass is 16.4. The predicted molar refractivity (Wildman–Crippen MR) is 61.3 cm³/mol. The summed E-state index contributed by atoms with van der Waals surface area (Å²) in [5, 5.41) is 9.09. The summed E-state index contributed by atoms with van der Waals surface area (Å²) >= 11 is 0. The number of carboxylic acid groups (broad SMARTS) is 1. The maximum absolute atomic E-state index is 11.5. The maximum atomic E-state index is 11.5. The highest BCUT2D eigenvalue weighted by molar-refractivity contribution is 6.08. The largest absolute Gasteiger partial charge is 0.481 e. The molecule has 1 saturated heterocycles. The normalized spacial score (nSPS) is 24.7. The van der Waals surface area contributed by atoms with Crippen molar-refractivity contribution in [3.05, 3.63) is 0 Å². The summed E-state index contributed by atoms with van der Waals surface area (Å²) in [6, 6.07) is 0. The second-order valence-electron chi connectivity index (χ2n) is 4.29. The first-order valence-corrected chi connectivity index (χ1v) is 5.80. The maximum Gasteiger partial charge on any atom is 0.308 e. The molecule has 1 aliphatic rings. The van der Waals surface area contributed by atoms with E-state index in [-0.39, 0.29) is 11.8 Å². The van der Waals surface area contributed by atoms with E-state index in [1.165, 1.54) is 0 Å². The summed E-state index contributed by atoms with van der Waals surface area (Å²) < 4.78 is 0. The van der Waals surface area contributed by atoms with Crippen molar-refractivity contribution >= 4 is 19.7 Å². The third-order valence-electron chi connectivity index (χ3n) is 3.19. The summed E-state index contributed by atoms with van der Waals surface area (Å²) in [5.74, 6) is -1.10. The molecule has 0 aliphatic carbocycles. The first-order chi connectivity index (χ1) is 7.60. The lowest BCUT2D eigenvalue weighted by molar-refractivity contribution is -0.142. The van der Waals surface area contributed by atoms with Gasteiger partial charge in [0.15, 0.2) is 0 Å². The Bertz CT molecular complexity index is 270. The number of carbonyl (C=O) groups excluding carboxylic acids is 1. The average Bonchev–Trinajstić information content (AvgIpc) is 2.69. The van der Waals surface area contributed by atoms with E-state index in [0.717, 1.165) is 12.8 Å². The number of likely N-dealkylation sites (tertiary alicyclic amines) is 1. The highest BCUT2D eigenvalue weighted by Crippen LogP contribution is 2.28. The van der Waals surface area contributed by atoms with Crippen molar-refractivity contribution < 1.29 is 14.7 Å². The van der Waals surface area contributed by atoms with Crippen molar-refractivity contribution in [2.24, 2.45) is 11.8 Å². The number of hydrogen-bond acceptors (Lipinski definition) is 2. The zero-order valence-electron chi connectivity index (χ0n) is 9.69. The molecule has 2 unspecified atom stereocenters. The van der Waals surface area contributed by atoms with Gasteiger partial charge in [0.2, 0.25) is 5.91 Å². The van der Waals surface area contributed by atoms with Crippen LogP contribution in [0.4, 0.5) is 0 Å². The molecule has 16 heavy (non-hydrogen) atoms. The number of carboxylic acids is 1. The monoisotopic (exact) mass is 223 g/mol. The van der Waals surface area contributed by atoms with Crippen LogP contribution in [-0.2, 0) is 9.59 Å². The van der Waals surface area contributed by atoms with Gasteiger partial charge in [-0.15, -0.1) is 0 Å². The van der Waals surface area contributed by atoms with Crippen LogP contribution < -0.4 is 0 Å². The van der Waals surface area contributed by atoms with Crippen molar-refractivity contribution in [2.75, 3.05) is 13.1 Å². The topological polar surface area (TPSA) is 57.6 Å². The molecular formula is C11H18BNO3. The van der Waals surface area contributed by atoms with Crippen LogP contribution in [0.2, 0.25) is 6.32 Å². The fourth-order valence-corrected chi connectivity index (χ4v) is 2.25. The molecule has 0 bridgehead atoms. The molecular weight excluding hydrogens is 205 g/mol. The highest BCUT2D eigenvalue weighted by Gasteiger charge is 2.38. The SMILES string of the molecule is [B]CCCC1CN(C(=O)CC)CC1C(=O)O. The zero-order valence-corrected chi connectivity index (χ0v) is 9.69. The summed E-state index contributed by atoms with van der Waals surface area (Å²) in [7, 11) is 5.42. The molecule has 0 aromatic carbocycles. The molecule has 0 spiro atoms. The number of carbonyl (C=O) groups is 2. The lowest BCUT2D eigenvalue weighted by Gasteiger charge is -2.14. The van der Waals surface area contributed by atoms with Crippen molar-refractivity contribution in [3.63, 3.8) is 0 Å². The Labute approximate surface area is 97.4 Å². The second-order valence-corrected chi connectivity index (χ2v) is 4.29. The van der Waals surface area contributed by atoms with Crippen molar-refractivity contribution in [3.8, 4) is 0 Å². The van der Waals surface area contributed by atoms with E-state index >= 15 is 0 Å². The zero-order chi connectivity index (χ0) is 12.1. The standard InChI is InChI=1S/C11H18BNO3/c1-2-10(14)13-6-8(4-3-5-12)9(7-13)11(15)16/h8-9H,2-7H2,1H3,(H,15,16). The minimum Gasteiger partial charge on any atom is -0.481 e. The molecule has 0 aromatic heterocycles. The van der Waals surface area contributed by atoms with Gasteiger partial charge in [0.05, 0.1) is 13.8 Å². The van der Waals surface area contributed by atoms with Gasteiger partial charge >= 0.3 is 5.97 Å². The molecule has 2 atom stereocenters. The van der Waals surface area contributed by atoms with Crippen molar-refractivity contribution in [1.29, 1.82) is 0 Å². The predicted octanol–water partition coefficient (Wildman–Crippen LogP) is 0.923. The van der Waals surface area contributed by atoms with Gasteiger partial charge in [-0.05, 0) is 12.3 Å². The smallest absolute Gasteiger partial charge is 0.308 e. The summed E-state index contributed by atoms with van der Waals surface area (Å²) in [6.07, 6.45) is 2.63. The summed E-state index contributed by atoms with van der Waals surface area (Å²) in [4.78, 5) is 24.2. The molecule has 4 nitrogen and oxygen atoms in total. The van der Waals surface area contributed by atoms with E-state index in [4.69, 9.17) is 13.0 Å². The molecule has 1 fully saturated rings. The summed E-state index contributed by atoms with van der Waals surface area (Å²) in [6.45, 7) is 2.73. The Morgan fingerprint density at radius 1 is 1.44 bits per heavy atom. The third-order valence-corrected chi connectivity index (χ3v) is 3.19. The first-order valence-electron chi connectivity index (χ1n) is 5.80. The minimum atomic E-state index is -0.798. The number of hydrogen-bond donors (Lipinski definition) is 1. The molecule has 1 rings (SSSR count). The van der Waals surface area contributed by atoms with Gasteiger partial charge in [0.25, 0.3) is 0 Å². The van der Waals surface area contributed by atoms with E-state index in [2.05, 4.69) is 0 Å². The van der Waals surface area contributed by atoms with Gasteiger partial charge < -0.3 is 10.0 Å². The van der Waals surface area contributed by atoms with Crippen LogP contribution in [0.15, 0.2) is 0 Å². The quantitative estimate of drug-likeness (QED) is 0.705. The minimum absolute atomic E-state index is 0.0431. The molecule has 0 saturated carbocycles. The van der Waals surface area contributed by atoms with Crippen molar-refractivity contribution in [2.45, 2.75) is 32.5 Å². The van der Waals surface area contributed by atoms with E-state index < -0.39 is 11.9 Å². The molecule has 2 radical (unpaired) electrons. The number of aliphatic carboxylic acids is 1. The fraction of sp³-hybridized carbons (Fsp3) is 0.818. The molecule has 5 heteroatoms. The van der Waals surface area contributed by atoms with E-state index in [1.54, 1.807) is 11.8 Å². The lowest BCUT2D eigenvalue weighted by Crippen LogP contribution is -2.29. The summed E-state index contributed by atoms with van der Waals surface area (Å²) in [5.41, 5.74) is 0. The third kappa shape index (κ3) is 3.00. The second kappa shape index (κ2) is 5.92. The van der Waals surface area contributed by atoms with E-state index in [0.29, 0.717) is 25.8 Å². The molecule has 1 aliphatic heterocycles. The van der Waals surface area contributed by atoms with Gasteiger partial charge in [-0.1, -0.05) is 19.7 Å². The van der Waals surface area contributed by atoms with E-state index in [9.17, 15) is 9.59 Å².